The quantitative estimate of drug-likeness (QED) is 0.564. The maximum Gasteiger partial charge on any atom is 0.191 e. The molecule has 0 spiro atoms. The molecule has 1 aliphatic rings. The zero-order valence-electron chi connectivity index (χ0n) is 13.5. The van der Waals surface area contributed by atoms with Gasteiger partial charge in [0.2, 0.25) is 0 Å². The first-order valence-corrected chi connectivity index (χ1v) is 8.19. The molecule has 6 heteroatoms. The predicted molar refractivity (Wildman–Crippen MR) is 85.3 cm³/mol. The van der Waals surface area contributed by atoms with Gasteiger partial charge in [-0.25, -0.2) is 0 Å². The molecule has 0 aliphatic heterocycles. The molecule has 1 fully saturated rings. The first-order chi connectivity index (χ1) is 10.3. The first-order valence-electron chi connectivity index (χ1n) is 8.19. The Morgan fingerprint density at radius 2 is 2.29 bits per heavy atom. The van der Waals surface area contributed by atoms with E-state index in [1.54, 1.807) is 6.33 Å². The third kappa shape index (κ3) is 4.72. The molecular formula is C15H28N6. The molecule has 2 rings (SSSR count). The average Bonchev–Trinajstić information content (AvgIpc) is 3.03. The van der Waals surface area contributed by atoms with Crippen molar-refractivity contribution in [2.24, 2.45) is 10.9 Å². The van der Waals surface area contributed by atoms with E-state index in [-0.39, 0.29) is 0 Å². The summed E-state index contributed by atoms with van der Waals surface area (Å²) >= 11 is 0. The molecule has 2 N–H and O–H groups in total. The van der Waals surface area contributed by atoms with Crippen molar-refractivity contribution in [3.63, 3.8) is 0 Å². The summed E-state index contributed by atoms with van der Waals surface area (Å²) in [5.41, 5.74) is 0. The highest BCUT2D eigenvalue weighted by atomic mass is 15.3. The van der Waals surface area contributed by atoms with Crippen LogP contribution in [0.2, 0.25) is 0 Å². The van der Waals surface area contributed by atoms with Crippen LogP contribution in [0.25, 0.3) is 0 Å². The normalized spacial score (nSPS) is 21.4. The smallest absolute Gasteiger partial charge is 0.191 e. The van der Waals surface area contributed by atoms with Crippen molar-refractivity contribution in [3.05, 3.63) is 12.2 Å². The largest absolute Gasteiger partial charge is 0.357 e. The van der Waals surface area contributed by atoms with E-state index in [9.17, 15) is 0 Å². The summed E-state index contributed by atoms with van der Waals surface area (Å²) < 4.78 is 2.07. The molecule has 2 unspecified atom stereocenters. The van der Waals surface area contributed by atoms with Crippen LogP contribution in [0.3, 0.4) is 0 Å². The highest BCUT2D eigenvalue weighted by Gasteiger charge is 2.36. The van der Waals surface area contributed by atoms with Gasteiger partial charge in [-0.2, -0.15) is 0 Å². The van der Waals surface area contributed by atoms with Crippen molar-refractivity contribution < 1.29 is 0 Å². The van der Waals surface area contributed by atoms with Gasteiger partial charge in [-0.15, -0.1) is 10.2 Å². The molecule has 0 bridgehead atoms. The molecule has 1 heterocycles. The number of nitrogens with one attached hydrogen (secondary N) is 2. The third-order valence-electron chi connectivity index (χ3n) is 3.87. The molecule has 6 nitrogen and oxygen atoms in total. The molecule has 2 atom stereocenters. The number of hydrogen-bond acceptors (Lipinski definition) is 3. The molecule has 0 amide bonds. The van der Waals surface area contributed by atoms with E-state index < -0.39 is 0 Å². The predicted octanol–water partition coefficient (Wildman–Crippen LogP) is 1.58. The summed E-state index contributed by atoms with van der Waals surface area (Å²) in [7, 11) is 0. The van der Waals surface area contributed by atoms with Crippen molar-refractivity contribution in [1.82, 2.24) is 25.4 Å². The van der Waals surface area contributed by atoms with Crippen molar-refractivity contribution in [2.75, 3.05) is 13.1 Å². The van der Waals surface area contributed by atoms with Gasteiger partial charge in [-0.3, -0.25) is 4.99 Å². The summed E-state index contributed by atoms with van der Waals surface area (Å²) in [6, 6.07) is 0.615. The van der Waals surface area contributed by atoms with E-state index in [1.165, 1.54) is 19.3 Å². The standard InChI is InChI=1S/C15H28N6/c1-4-7-12-10-13(12)19-15(16-6-3)17-8-9-21-11-18-20-14(21)5-2/h11-13H,4-10H2,1-3H3,(H2,16,17,19). The van der Waals surface area contributed by atoms with E-state index in [4.69, 9.17) is 0 Å². The van der Waals surface area contributed by atoms with Gasteiger partial charge in [0.05, 0.1) is 6.54 Å². The molecule has 0 saturated heterocycles. The SMILES string of the molecule is CCCC1CC1NC(=NCCn1cnnc1CC)NCC. The van der Waals surface area contributed by atoms with Gasteiger partial charge in [-0.1, -0.05) is 20.3 Å². The van der Waals surface area contributed by atoms with Crippen LogP contribution in [0.5, 0.6) is 0 Å². The average molecular weight is 292 g/mol. The Bertz CT molecular complexity index is 453. The molecule has 118 valence electrons. The lowest BCUT2D eigenvalue weighted by Gasteiger charge is -2.11. The Morgan fingerprint density at radius 1 is 1.43 bits per heavy atom. The minimum atomic E-state index is 0.615. The summed E-state index contributed by atoms with van der Waals surface area (Å²) in [5, 5.41) is 14.9. The van der Waals surface area contributed by atoms with Crippen molar-refractivity contribution >= 4 is 5.96 Å². The summed E-state index contributed by atoms with van der Waals surface area (Å²) in [6.07, 6.45) is 6.56. The van der Waals surface area contributed by atoms with Gasteiger partial charge in [0.15, 0.2) is 5.96 Å². The van der Waals surface area contributed by atoms with Crippen LogP contribution < -0.4 is 10.6 Å². The van der Waals surface area contributed by atoms with Crippen molar-refractivity contribution in [3.8, 4) is 0 Å². The van der Waals surface area contributed by atoms with E-state index in [2.05, 4.69) is 51.2 Å². The lowest BCUT2D eigenvalue weighted by atomic mass is 10.2. The number of aryl methyl sites for hydroxylation is 1. The Labute approximate surface area is 127 Å². The Hall–Kier alpha value is -1.59. The molecular weight excluding hydrogens is 264 g/mol. The van der Waals surface area contributed by atoms with Crippen LogP contribution in [0.4, 0.5) is 0 Å². The van der Waals surface area contributed by atoms with E-state index in [0.29, 0.717) is 6.04 Å². The van der Waals surface area contributed by atoms with Crippen molar-refractivity contribution in [2.45, 2.75) is 59.0 Å². The van der Waals surface area contributed by atoms with Crippen LogP contribution in [-0.4, -0.2) is 39.9 Å². The molecule has 21 heavy (non-hydrogen) atoms. The van der Waals surface area contributed by atoms with Gasteiger partial charge >= 0.3 is 0 Å². The van der Waals surface area contributed by atoms with E-state index >= 15 is 0 Å². The first kappa shape index (κ1) is 15.8. The molecule has 0 aromatic carbocycles. The van der Waals surface area contributed by atoms with Crippen LogP contribution in [-0.2, 0) is 13.0 Å². The monoisotopic (exact) mass is 292 g/mol. The third-order valence-corrected chi connectivity index (χ3v) is 3.87. The topological polar surface area (TPSA) is 67.1 Å². The fourth-order valence-corrected chi connectivity index (χ4v) is 2.62. The molecule has 1 aliphatic carbocycles. The lowest BCUT2D eigenvalue weighted by Crippen LogP contribution is -2.39. The zero-order chi connectivity index (χ0) is 15.1. The van der Waals surface area contributed by atoms with E-state index in [0.717, 1.165) is 43.8 Å². The minimum absolute atomic E-state index is 0.615. The summed E-state index contributed by atoms with van der Waals surface area (Å²) in [4.78, 5) is 4.66. The highest BCUT2D eigenvalue weighted by molar-refractivity contribution is 5.80. The lowest BCUT2D eigenvalue weighted by molar-refractivity contribution is 0.645. The van der Waals surface area contributed by atoms with Gasteiger partial charge in [-0.05, 0) is 25.7 Å². The number of hydrogen-bond donors (Lipinski definition) is 2. The zero-order valence-corrected chi connectivity index (χ0v) is 13.5. The minimum Gasteiger partial charge on any atom is -0.357 e. The number of rotatable bonds is 8. The fraction of sp³-hybridized carbons (Fsp3) is 0.800. The van der Waals surface area contributed by atoms with Gasteiger partial charge in [0.1, 0.15) is 12.2 Å². The summed E-state index contributed by atoms with van der Waals surface area (Å²) in [5.74, 6) is 2.80. The van der Waals surface area contributed by atoms with Gasteiger partial charge in [0.25, 0.3) is 0 Å². The maximum atomic E-state index is 4.66. The second-order valence-electron chi connectivity index (χ2n) is 5.59. The fourth-order valence-electron chi connectivity index (χ4n) is 2.62. The highest BCUT2D eigenvalue weighted by Crippen LogP contribution is 2.34. The number of aromatic nitrogens is 3. The van der Waals surface area contributed by atoms with Crippen molar-refractivity contribution in [1.29, 1.82) is 0 Å². The number of aliphatic imine (C=N–C) groups is 1. The molecule has 1 aromatic rings. The molecule has 1 saturated carbocycles. The molecule has 0 radical (unpaired) electrons. The molecule has 1 aromatic heterocycles. The van der Waals surface area contributed by atoms with E-state index in [1.807, 2.05) is 0 Å². The Balaban J connectivity index is 1.80. The van der Waals surface area contributed by atoms with Crippen LogP contribution >= 0.6 is 0 Å². The van der Waals surface area contributed by atoms with Gasteiger partial charge in [0, 0.05) is 25.6 Å². The second kappa shape index (κ2) is 8.00. The maximum absolute atomic E-state index is 4.66. The number of guanidine groups is 1. The van der Waals surface area contributed by atoms with Crippen LogP contribution in [0.15, 0.2) is 11.3 Å². The van der Waals surface area contributed by atoms with Gasteiger partial charge < -0.3 is 15.2 Å². The van der Waals surface area contributed by atoms with Crippen LogP contribution in [0, 0.1) is 5.92 Å². The summed E-state index contributed by atoms with van der Waals surface area (Å²) in [6.45, 7) is 8.91. The van der Waals surface area contributed by atoms with Crippen LogP contribution in [0.1, 0.15) is 45.9 Å². The Morgan fingerprint density at radius 3 is 3.00 bits per heavy atom. The Kier molecular flexibility index (Phi) is 6.02. The number of nitrogens with zero attached hydrogens (tertiary/aromatic N) is 4. The second-order valence-corrected chi connectivity index (χ2v) is 5.59.